The zero-order valence-corrected chi connectivity index (χ0v) is 6.34. The Balaban J connectivity index is 2.62. The van der Waals surface area contributed by atoms with E-state index in [9.17, 15) is 0 Å². The molecule has 0 fully saturated rings. The van der Waals surface area contributed by atoms with Crippen LogP contribution in [0.2, 0.25) is 0 Å². The topological polar surface area (TPSA) is 0 Å². The molecule has 0 aliphatic heterocycles. The van der Waals surface area contributed by atoms with Crippen LogP contribution in [0.4, 0.5) is 0 Å². The second kappa shape index (κ2) is 2.91. The summed E-state index contributed by atoms with van der Waals surface area (Å²) in [4.78, 5) is 4.51. The van der Waals surface area contributed by atoms with Gasteiger partial charge in [0.2, 0.25) is 0 Å². The van der Waals surface area contributed by atoms with Crippen LogP contribution in [0.15, 0.2) is 28.6 Å². The van der Waals surface area contributed by atoms with Gasteiger partial charge in [-0.3, -0.25) is 0 Å². The molecule has 1 aromatic heterocycles. The summed E-state index contributed by atoms with van der Waals surface area (Å²) < 4.78 is 0. The molecule has 0 spiro atoms. The molecule has 0 amide bonds. The summed E-state index contributed by atoms with van der Waals surface area (Å²) in [5.41, 5.74) is 1.43. The van der Waals surface area contributed by atoms with Gasteiger partial charge < -0.3 is 0 Å². The molecule has 0 saturated heterocycles. The Morgan fingerprint density at radius 3 is 3.12 bits per heavy atom. The predicted molar refractivity (Wildman–Crippen MR) is 37.3 cm³/mol. The van der Waals surface area contributed by atoms with Gasteiger partial charge in [0, 0.05) is 0 Å². The van der Waals surface area contributed by atoms with E-state index in [0.29, 0.717) is 14.5 Å². The normalized spacial score (nSPS) is 9.00. The Bertz CT molecular complexity index is 151. The summed E-state index contributed by atoms with van der Waals surface area (Å²) in [6.45, 7) is 3.66. The van der Waals surface area contributed by atoms with E-state index in [1.54, 1.807) is 0 Å². The van der Waals surface area contributed by atoms with E-state index >= 15 is 0 Å². The summed E-state index contributed by atoms with van der Waals surface area (Å²) in [6.07, 6.45) is 2.98. The maximum atomic E-state index is 3.66. The van der Waals surface area contributed by atoms with Crippen LogP contribution in [0.5, 0.6) is 0 Å². The predicted octanol–water partition coefficient (Wildman–Crippen LogP) is 1.47. The van der Waals surface area contributed by atoms with Crippen LogP contribution in [0.1, 0.15) is 5.56 Å². The van der Waals surface area contributed by atoms with Crippen molar-refractivity contribution in [3.05, 3.63) is 34.2 Å². The number of hydrogen-bond acceptors (Lipinski definition) is 0. The van der Waals surface area contributed by atoms with Gasteiger partial charge in [0.15, 0.2) is 0 Å². The molecule has 0 radical (unpaired) electrons. The van der Waals surface area contributed by atoms with E-state index in [1.165, 1.54) is 5.56 Å². The van der Waals surface area contributed by atoms with Crippen molar-refractivity contribution in [3.8, 4) is 0 Å². The van der Waals surface area contributed by atoms with Crippen LogP contribution in [-0.4, -0.2) is 14.5 Å². The summed E-state index contributed by atoms with van der Waals surface area (Å²) in [7, 11) is 0. The average molecular weight is 171 g/mol. The van der Waals surface area contributed by atoms with Crippen LogP contribution in [0.25, 0.3) is 0 Å². The third kappa shape index (κ3) is 1.36. The van der Waals surface area contributed by atoms with Gasteiger partial charge in [-0.25, -0.2) is 0 Å². The van der Waals surface area contributed by atoms with E-state index in [-0.39, 0.29) is 0 Å². The molecule has 0 aliphatic rings. The first-order valence-electron chi connectivity index (χ1n) is 2.55. The molecule has 42 valence electrons. The van der Waals surface area contributed by atoms with Gasteiger partial charge in [0.1, 0.15) is 0 Å². The quantitative estimate of drug-likeness (QED) is 0.467. The van der Waals surface area contributed by atoms with Gasteiger partial charge in [-0.1, -0.05) is 0 Å². The van der Waals surface area contributed by atoms with Gasteiger partial charge in [-0.05, 0) is 0 Å². The summed E-state index contributed by atoms with van der Waals surface area (Å²) >= 11 is 0.651. The van der Waals surface area contributed by atoms with E-state index in [0.717, 1.165) is 6.42 Å². The van der Waals surface area contributed by atoms with Crippen molar-refractivity contribution in [1.29, 1.82) is 0 Å². The fourth-order valence-corrected chi connectivity index (χ4v) is 2.01. The van der Waals surface area contributed by atoms with Gasteiger partial charge in [0.05, 0.1) is 0 Å². The van der Waals surface area contributed by atoms with E-state index < -0.39 is 0 Å². The molecular formula is C7H8Se. The molecule has 0 atom stereocenters. The van der Waals surface area contributed by atoms with Crippen LogP contribution in [-0.2, 0) is 6.42 Å². The second-order valence-corrected chi connectivity index (χ2v) is 3.26. The first-order valence-corrected chi connectivity index (χ1v) is 4.53. The molecular weight excluding hydrogens is 163 g/mol. The SMILES string of the molecule is C=CCc1cc[se]c1. The standard InChI is InChI=1S/C7H8Se/c1-2-3-7-4-5-8-6-7/h2,4-6H,1,3H2. The Kier molecular flexibility index (Phi) is 2.13. The van der Waals surface area contributed by atoms with Crippen molar-refractivity contribution in [1.82, 2.24) is 0 Å². The molecule has 0 aliphatic carbocycles. The molecule has 0 N–H and O–H groups in total. The molecule has 1 rings (SSSR count). The summed E-state index contributed by atoms with van der Waals surface area (Å²) in [5, 5.41) is 0. The summed E-state index contributed by atoms with van der Waals surface area (Å²) in [5.74, 6) is 0. The molecule has 0 saturated carbocycles. The first-order chi connectivity index (χ1) is 3.93. The van der Waals surface area contributed by atoms with Crippen LogP contribution in [0, 0.1) is 0 Å². The van der Waals surface area contributed by atoms with Crippen molar-refractivity contribution in [3.63, 3.8) is 0 Å². The molecule has 1 heterocycles. The van der Waals surface area contributed by atoms with Crippen molar-refractivity contribution in [2.45, 2.75) is 6.42 Å². The minimum absolute atomic E-state index is 0.651. The molecule has 0 unspecified atom stereocenters. The molecule has 1 heteroatoms. The Labute approximate surface area is 55.6 Å². The first kappa shape index (κ1) is 5.87. The minimum atomic E-state index is 0.651. The van der Waals surface area contributed by atoms with E-state index in [1.807, 2.05) is 6.08 Å². The van der Waals surface area contributed by atoms with Crippen LogP contribution < -0.4 is 0 Å². The average Bonchev–Trinajstić information content (AvgIpc) is 2.19. The van der Waals surface area contributed by atoms with Gasteiger partial charge in [0.25, 0.3) is 0 Å². The van der Waals surface area contributed by atoms with Crippen LogP contribution >= 0.6 is 0 Å². The van der Waals surface area contributed by atoms with Gasteiger partial charge in [-0.15, -0.1) is 0 Å². The van der Waals surface area contributed by atoms with E-state index in [2.05, 4.69) is 22.5 Å². The molecule has 1 aromatic rings. The molecule has 8 heavy (non-hydrogen) atoms. The number of hydrogen-bond donors (Lipinski definition) is 0. The van der Waals surface area contributed by atoms with Crippen molar-refractivity contribution < 1.29 is 0 Å². The Hall–Kier alpha value is -0.261. The van der Waals surface area contributed by atoms with Crippen molar-refractivity contribution in [2.75, 3.05) is 0 Å². The maximum absolute atomic E-state index is 3.66. The monoisotopic (exact) mass is 172 g/mol. The molecule has 0 aromatic carbocycles. The van der Waals surface area contributed by atoms with Crippen molar-refractivity contribution in [2.24, 2.45) is 0 Å². The van der Waals surface area contributed by atoms with Crippen LogP contribution in [0.3, 0.4) is 0 Å². The Morgan fingerprint density at radius 2 is 2.62 bits per heavy atom. The van der Waals surface area contributed by atoms with Gasteiger partial charge in [-0.2, -0.15) is 0 Å². The van der Waals surface area contributed by atoms with Gasteiger partial charge >= 0.3 is 55.1 Å². The zero-order valence-electron chi connectivity index (χ0n) is 4.63. The molecule has 0 nitrogen and oxygen atoms in total. The third-order valence-corrected chi connectivity index (χ3v) is 2.50. The Morgan fingerprint density at radius 1 is 1.75 bits per heavy atom. The fourth-order valence-electron chi connectivity index (χ4n) is 0.575. The number of rotatable bonds is 2. The summed E-state index contributed by atoms with van der Waals surface area (Å²) in [6, 6.07) is 2.18. The molecule has 0 bridgehead atoms. The third-order valence-electron chi connectivity index (χ3n) is 0.960. The zero-order chi connectivity index (χ0) is 5.82. The van der Waals surface area contributed by atoms with E-state index in [4.69, 9.17) is 0 Å². The number of allylic oxidation sites excluding steroid dienone is 1. The fraction of sp³-hybridized carbons (Fsp3) is 0.143. The second-order valence-electron chi connectivity index (χ2n) is 1.62. The van der Waals surface area contributed by atoms with Crippen molar-refractivity contribution >= 4 is 14.5 Å².